The average Bonchev–Trinajstić information content (AvgIpc) is 2.95. The Morgan fingerprint density at radius 2 is 1.96 bits per heavy atom. The van der Waals surface area contributed by atoms with Gasteiger partial charge in [-0.15, -0.1) is 6.42 Å². The van der Waals surface area contributed by atoms with Gasteiger partial charge in [-0.2, -0.15) is 0 Å². The van der Waals surface area contributed by atoms with Crippen LogP contribution in [0.3, 0.4) is 0 Å². The highest BCUT2D eigenvalue weighted by Gasteiger charge is 2.34. The van der Waals surface area contributed by atoms with Gasteiger partial charge in [0.2, 0.25) is 0 Å². The molecule has 0 atom stereocenters. The molecular formula is C21H14NO5S-. The molecule has 0 unspecified atom stereocenters. The first-order chi connectivity index (χ1) is 13.5. The number of nitrogens with zero attached hydrogens (tertiary/aromatic N) is 1. The summed E-state index contributed by atoms with van der Waals surface area (Å²) in [5.41, 5.74) is 1.53. The highest BCUT2D eigenvalue weighted by Crippen LogP contribution is 2.32. The van der Waals surface area contributed by atoms with Gasteiger partial charge in [0.1, 0.15) is 12.4 Å². The summed E-state index contributed by atoms with van der Waals surface area (Å²) in [5.74, 6) is 1.23. The maximum atomic E-state index is 12.2. The first kappa shape index (κ1) is 19.3. The summed E-state index contributed by atoms with van der Waals surface area (Å²) in [4.78, 5) is 36.2. The summed E-state index contributed by atoms with van der Waals surface area (Å²) in [5, 5.41) is 10.5. The number of carboxylic acid groups (broad SMARTS) is 1. The smallest absolute Gasteiger partial charge is 0.294 e. The molecule has 0 aromatic heterocycles. The third-order valence-electron chi connectivity index (χ3n) is 3.87. The number of carboxylic acids is 1. The lowest BCUT2D eigenvalue weighted by Crippen LogP contribution is -2.28. The van der Waals surface area contributed by atoms with Crippen LogP contribution in [0.2, 0.25) is 0 Å². The first-order valence-corrected chi connectivity index (χ1v) is 9.01. The van der Waals surface area contributed by atoms with Crippen LogP contribution >= 0.6 is 11.8 Å². The van der Waals surface area contributed by atoms with Crippen LogP contribution in [-0.2, 0) is 11.4 Å². The molecular weight excluding hydrogens is 378 g/mol. The van der Waals surface area contributed by atoms with E-state index in [1.165, 1.54) is 12.1 Å². The molecule has 0 N–H and O–H groups in total. The van der Waals surface area contributed by atoms with Crippen molar-refractivity contribution in [2.75, 3.05) is 6.54 Å². The maximum Gasteiger partial charge on any atom is 0.294 e. The number of benzene rings is 2. The summed E-state index contributed by atoms with van der Waals surface area (Å²) in [6.45, 7) is 0.152. The van der Waals surface area contributed by atoms with Crippen molar-refractivity contribution in [3.8, 4) is 18.1 Å². The second-order valence-corrected chi connectivity index (χ2v) is 6.81. The molecule has 6 nitrogen and oxygen atoms in total. The predicted molar refractivity (Wildman–Crippen MR) is 103 cm³/mol. The van der Waals surface area contributed by atoms with Gasteiger partial charge in [-0.25, -0.2) is 0 Å². The highest BCUT2D eigenvalue weighted by atomic mass is 32.2. The molecule has 7 heteroatoms. The van der Waals surface area contributed by atoms with E-state index in [0.29, 0.717) is 16.2 Å². The van der Waals surface area contributed by atoms with Crippen LogP contribution in [0.5, 0.6) is 5.75 Å². The Morgan fingerprint density at radius 1 is 1.21 bits per heavy atom. The van der Waals surface area contributed by atoms with Crippen molar-refractivity contribution >= 4 is 35.0 Å². The third-order valence-corrected chi connectivity index (χ3v) is 4.78. The van der Waals surface area contributed by atoms with Crippen LogP contribution < -0.4 is 9.84 Å². The molecule has 1 aliphatic rings. The first-order valence-electron chi connectivity index (χ1n) is 8.20. The molecule has 3 rings (SSSR count). The van der Waals surface area contributed by atoms with E-state index in [2.05, 4.69) is 5.92 Å². The molecule has 0 aliphatic carbocycles. The number of aromatic carboxylic acids is 1. The van der Waals surface area contributed by atoms with E-state index >= 15 is 0 Å². The van der Waals surface area contributed by atoms with Gasteiger partial charge in [0.25, 0.3) is 11.1 Å². The van der Waals surface area contributed by atoms with E-state index in [1.807, 2.05) is 0 Å². The number of thioether (sulfide) groups is 1. The molecule has 1 saturated heterocycles. The summed E-state index contributed by atoms with van der Waals surface area (Å²) < 4.78 is 5.65. The van der Waals surface area contributed by atoms with Crippen LogP contribution in [0.15, 0.2) is 53.4 Å². The maximum absolute atomic E-state index is 12.2. The Morgan fingerprint density at radius 3 is 2.64 bits per heavy atom. The fourth-order valence-electron chi connectivity index (χ4n) is 2.49. The normalized spacial score (nSPS) is 15.0. The fraction of sp³-hybridized carbons (Fsp3) is 0.0952. The van der Waals surface area contributed by atoms with Gasteiger partial charge in [-0.1, -0.05) is 36.3 Å². The lowest BCUT2D eigenvalue weighted by molar-refractivity contribution is -0.255. The number of carbonyl (C=O) groups excluding carboxylic acids is 3. The molecule has 1 aliphatic heterocycles. The number of imide groups is 1. The monoisotopic (exact) mass is 392 g/mol. The van der Waals surface area contributed by atoms with Gasteiger partial charge in [-0.3, -0.25) is 14.5 Å². The van der Waals surface area contributed by atoms with Crippen LogP contribution in [-0.4, -0.2) is 28.6 Å². The second-order valence-electron chi connectivity index (χ2n) is 5.82. The van der Waals surface area contributed by atoms with E-state index in [-0.39, 0.29) is 24.0 Å². The number of rotatable bonds is 6. The van der Waals surface area contributed by atoms with E-state index in [4.69, 9.17) is 11.2 Å². The summed E-state index contributed by atoms with van der Waals surface area (Å²) in [6.07, 6.45) is 6.79. The van der Waals surface area contributed by atoms with Gasteiger partial charge in [0.15, 0.2) is 0 Å². The van der Waals surface area contributed by atoms with Crippen LogP contribution in [0.25, 0.3) is 6.08 Å². The van der Waals surface area contributed by atoms with Crippen molar-refractivity contribution in [3.05, 3.63) is 70.1 Å². The van der Waals surface area contributed by atoms with Crippen LogP contribution in [0, 0.1) is 12.3 Å². The molecule has 0 spiro atoms. The lowest BCUT2D eigenvalue weighted by atomic mass is 10.1. The standard InChI is InChI=1S/C21H15NO5S/c1-2-10-22-19(23)18(28-21(22)26)12-14-6-8-17(9-7-14)27-13-15-4-3-5-16(11-15)20(24)25/h1,3-9,11-12H,10,13H2,(H,24,25)/p-1/b18-12-. The Balaban J connectivity index is 1.65. The average molecular weight is 392 g/mol. The quantitative estimate of drug-likeness (QED) is 0.554. The number of amides is 2. The number of carbonyl (C=O) groups is 3. The summed E-state index contributed by atoms with van der Waals surface area (Å²) >= 11 is 0.851. The SMILES string of the molecule is C#CCN1C(=O)S/C(=C\c2ccc(OCc3cccc(C(=O)[O-])c3)cc2)C1=O. The zero-order chi connectivity index (χ0) is 20.1. The van der Waals surface area contributed by atoms with Crippen molar-refractivity contribution in [1.29, 1.82) is 0 Å². The number of ether oxygens (including phenoxy) is 1. The number of hydrogen-bond acceptors (Lipinski definition) is 6. The molecule has 2 amide bonds. The van der Waals surface area contributed by atoms with E-state index in [9.17, 15) is 19.5 Å². The highest BCUT2D eigenvalue weighted by molar-refractivity contribution is 8.18. The Bertz CT molecular complexity index is 1000. The van der Waals surface area contributed by atoms with Crippen LogP contribution in [0.4, 0.5) is 4.79 Å². The summed E-state index contributed by atoms with van der Waals surface area (Å²) in [7, 11) is 0. The summed E-state index contributed by atoms with van der Waals surface area (Å²) in [6, 6.07) is 13.3. The molecule has 2 aromatic carbocycles. The minimum atomic E-state index is -1.24. The Hall–Kier alpha value is -3.50. The second kappa shape index (κ2) is 8.46. The third kappa shape index (κ3) is 4.42. The van der Waals surface area contributed by atoms with Crippen molar-refractivity contribution in [2.24, 2.45) is 0 Å². The molecule has 1 fully saturated rings. The Kier molecular flexibility index (Phi) is 5.82. The number of terminal acetylenes is 1. The molecule has 0 saturated carbocycles. The van der Waals surface area contributed by atoms with Crippen molar-refractivity contribution in [1.82, 2.24) is 4.90 Å². The van der Waals surface area contributed by atoms with E-state index in [0.717, 1.165) is 22.2 Å². The largest absolute Gasteiger partial charge is 0.545 e. The zero-order valence-electron chi connectivity index (χ0n) is 14.6. The minimum Gasteiger partial charge on any atom is -0.545 e. The van der Waals surface area contributed by atoms with Crippen molar-refractivity contribution in [2.45, 2.75) is 6.61 Å². The fourth-order valence-corrected chi connectivity index (χ4v) is 3.33. The van der Waals surface area contributed by atoms with E-state index < -0.39 is 11.9 Å². The van der Waals surface area contributed by atoms with Crippen molar-refractivity contribution < 1.29 is 24.2 Å². The lowest BCUT2D eigenvalue weighted by Gasteiger charge is -2.09. The van der Waals surface area contributed by atoms with Gasteiger partial charge in [0.05, 0.1) is 17.4 Å². The molecule has 0 radical (unpaired) electrons. The predicted octanol–water partition coefficient (Wildman–Crippen LogP) is 2.30. The molecule has 1 heterocycles. The molecule has 0 bridgehead atoms. The minimum absolute atomic E-state index is 0.0477. The Labute approximate surface area is 165 Å². The van der Waals surface area contributed by atoms with Crippen molar-refractivity contribution in [3.63, 3.8) is 0 Å². The van der Waals surface area contributed by atoms with Gasteiger partial charge in [-0.05, 0) is 52.7 Å². The zero-order valence-corrected chi connectivity index (χ0v) is 15.4. The topological polar surface area (TPSA) is 86.7 Å². The molecule has 28 heavy (non-hydrogen) atoms. The van der Waals surface area contributed by atoms with E-state index in [1.54, 1.807) is 42.5 Å². The van der Waals surface area contributed by atoms with Gasteiger partial charge in [0, 0.05) is 0 Å². The van der Waals surface area contributed by atoms with Gasteiger partial charge >= 0.3 is 0 Å². The molecule has 2 aromatic rings. The number of hydrogen-bond donors (Lipinski definition) is 0. The van der Waals surface area contributed by atoms with Crippen LogP contribution in [0.1, 0.15) is 21.5 Å². The van der Waals surface area contributed by atoms with Gasteiger partial charge < -0.3 is 14.6 Å². The molecule has 140 valence electrons.